The summed E-state index contributed by atoms with van der Waals surface area (Å²) in [7, 11) is 0. The number of aromatic nitrogens is 2. The lowest BCUT2D eigenvalue weighted by molar-refractivity contribution is 0.0173. The van der Waals surface area contributed by atoms with Gasteiger partial charge in [-0.3, -0.25) is 4.90 Å². The number of nitrogens with zero attached hydrogens (tertiary/aromatic N) is 3. The average molecular weight is 276 g/mol. The lowest BCUT2D eigenvalue weighted by atomic mass is 9.87. The van der Waals surface area contributed by atoms with Gasteiger partial charge in [-0.05, 0) is 33.1 Å². The Balaban J connectivity index is 1.61. The van der Waals surface area contributed by atoms with Crippen molar-refractivity contribution in [2.45, 2.75) is 63.6 Å². The second-order valence-electron chi connectivity index (χ2n) is 7.24. The second-order valence-corrected chi connectivity index (χ2v) is 7.24. The van der Waals surface area contributed by atoms with Gasteiger partial charge in [-0.1, -0.05) is 12.8 Å². The molecule has 112 valence electrons. The molecule has 1 spiro atoms. The van der Waals surface area contributed by atoms with Crippen molar-refractivity contribution in [2.24, 2.45) is 0 Å². The van der Waals surface area contributed by atoms with Crippen LogP contribution >= 0.6 is 0 Å². The maximum absolute atomic E-state index is 4.12. The van der Waals surface area contributed by atoms with Crippen LogP contribution < -0.4 is 5.32 Å². The number of hydrogen-bond acceptors (Lipinski definition) is 3. The monoisotopic (exact) mass is 276 g/mol. The molecule has 2 fully saturated rings. The molecule has 0 bridgehead atoms. The minimum Gasteiger partial charge on any atom is -0.337 e. The second kappa shape index (κ2) is 5.49. The van der Waals surface area contributed by atoms with E-state index in [1.54, 1.807) is 0 Å². The van der Waals surface area contributed by atoms with E-state index in [1.807, 2.05) is 12.5 Å². The molecular formula is C16H28N4. The fourth-order valence-electron chi connectivity index (χ4n) is 3.92. The summed E-state index contributed by atoms with van der Waals surface area (Å²) in [6, 6.07) is 0. The molecule has 0 amide bonds. The Hall–Kier alpha value is -0.870. The van der Waals surface area contributed by atoms with Gasteiger partial charge in [0.05, 0.1) is 6.33 Å². The van der Waals surface area contributed by atoms with Crippen LogP contribution in [0, 0.1) is 0 Å². The van der Waals surface area contributed by atoms with Crippen LogP contribution in [0.15, 0.2) is 18.7 Å². The predicted molar refractivity (Wildman–Crippen MR) is 81.7 cm³/mol. The van der Waals surface area contributed by atoms with Crippen molar-refractivity contribution in [3.63, 3.8) is 0 Å². The van der Waals surface area contributed by atoms with Crippen LogP contribution in [0.4, 0.5) is 0 Å². The molecule has 1 saturated carbocycles. The Labute approximate surface area is 122 Å². The Kier molecular flexibility index (Phi) is 3.87. The highest BCUT2D eigenvalue weighted by Crippen LogP contribution is 2.38. The third-order valence-electron chi connectivity index (χ3n) is 5.09. The predicted octanol–water partition coefficient (Wildman–Crippen LogP) is 2.27. The molecule has 0 aromatic carbocycles. The molecular weight excluding hydrogens is 248 g/mol. The van der Waals surface area contributed by atoms with Gasteiger partial charge in [-0.15, -0.1) is 0 Å². The van der Waals surface area contributed by atoms with Gasteiger partial charge >= 0.3 is 0 Å². The SMILES string of the molecule is CC1(C)CN(CCCn2ccnc2)C2(CCCC2)CN1. The van der Waals surface area contributed by atoms with E-state index in [-0.39, 0.29) is 5.54 Å². The fourth-order valence-corrected chi connectivity index (χ4v) is 3.92. The van der Waals surface area contributed by atoms with Crippen molar-refractivity contribution in [1.82, 2.24) is 19.8 Å². The summed E-state index contributed by atoms with van der Waals surface area (Å²) in [6.07, 6.45) is 12.6. The molecule has 20 heavy (non-hydrogen) atoms. The van der Waals surface area contributed by atoms with E-state index in [0.717, 1.165) is 6.54 Å². The highest BCUT2D eigenvalue weighted by molar-refractivity contribution is 5.04. The number of nitrogens with one attached hydrogen (secondary N) is 1. The van der Waals surface area contributed by atoms with E-state index >= 15 is 0 Å². The van der Waals surface area contributed by atoms with Gasteiger partial charge in [0.25, 0.3) is 0 Å². The highest BCUT2D eigenvalue weighted by atomic mass is 15.3. The molecule has 1 aromatic rings. The lowest BCUT2D eigenvalue weighted by Crippen LogP contribution is -2.67. The Bertz CT molecular complexity index is 418. The summed E-state index contributed by atoms with van der Waals surface area (Å²) in [5.41, 5.74) is 0.702. The van der Waals surface area contributed by atoms with Crippen LogP contribution in [-0.2, 0) is 6.54 Å². The maximum Gasteiger partial charge on any atom is 0.0945 e. The first-order chi connectivity index (χ1) is 9.60. The maximum atomic E-state index is 4.12. The minimum absolute atomic E-state index is 0.253. The molecule has 2 heterocycles. The number of rotatable bonds is 4. The summed E-state index contributed by atoms with van der Waals surface area (Å²) in [4.78, 5) is 6.91. The zero-order chi connectivity index (χ0) is 14.1. The Morgan fingerprint density at radius 1 is 1.20 bits per heavy atom. The summed E-state index contributed by atoms with van der Waals surface area (Å²) < 4.78 is 2.19. The standard InChI is InChI=1S/C16H28N4/c1-15(2)13-20(10-5-9-19-11-8-17-14-19)16(12-18-15)6-3-4-7-16/h8,11,14,18H,3-7,9-10,12-13H2,1-2H3. The summed E-state index contributed by atoms with van der Waals surface area (Å²) in [5, 5.41) is 3.77. The molecule has 3 rings (SSSR count). The smallest absolute Gasteiger partial charge is 0.0945 e. The molecule has 1 aliphatic heterocycles. The van der Waals surface area contributed by atoms with Crippen LogP contribution in [0.5, 0.6) is 0 Å². The van der Waals surface area contributed by atoms with E-state index in [1.165, 1.54) is 51.7 Å². The number of piperazine rings is 1. The first-order valence-corrected chi connectivity index (χ1v) is 8.06. The molecule has 2 aliphatic rings. The van der Waals surface area contributed by atoms with Crippen LogP contribution in [0.1, 0.15) is 46.0 Å². The largest absolute Gasteiger partial charge is 0.337 e. The van der Waals surface area contributed by atoms with E-state index in [9.17, 15) is 0 Å². The Morgan fingerprint density at radius 3 is 2.70 bits per heavy atom. The van der Waals surface area contributed by atoms with Crippen molar-refractivity contribution in [2.75, 3.05) is 19.6 Å². The molecule has 4 heteroatoms. The van der Waals surface area contributed by atoms with Gasteiger partial charge < -0.3 is 9.88 Å². The van der Waals surface area contributed by atoms with Gasteiger partial charge in [-0.25, -0.2) is 4.98 Å². The van der Waals surface area contributed by atoms with Gasteiger partial charge in [0.15, 0.2) is 0 Å². The number of aryl methyl sites for hydroxylation is 1. The molecule has 1 aromatic heterocycles. The van der Waals surface area contributed by atoms with Crippen molar-refractivity contribution in [3.8, 4) is 0 Å². The molecule has 1 N–H and O–H groups in total. The lowest BCUT2D eigenvalue weighted by Gasteiger charge is -2.51. The van der Waals surface area contributed by atoms with Crippen LogP contribution in [0.25, 0.3) is 0 Å². The van der Waals surface area contributed by atoms with Gasteiger partial charge in [0, 0.05) is 49.7 Å². The van der Waals surface area contributed by atoms with Crippen LogP contribution in [0.2, 0.25) is 0 Å². The van der Waals surface area contributed by atoms with E-state index in [4.69, 9.17) is 0 Å². The first-order valence-electron chi connectivity index (χ1n) is 8.06. The van der Waals surface area contributed by atoms with E-state index in [0.29, 0.717) is 5.54 Å². The Morgan fingerprint density at radius 2 is 2.00 bits per heavy atom. The number of imidazole rings is 1. The molecule has 0 unspecified atom stereocenters. The molecule has 1 saturated heterocycles. The first kappa shape index (κ1) is 14.1. The summed E-state index contributed by atoms with van der Waals surface area (Å²) in [5.74, 6) is 0. The minimum atomic E-state index is 0.253. The van der Waals surface area contributed by atoms with Gasteiger partial charge in [0.2, 0.25) is 0 Å². The normalized spacial score (nSPS) is 25.3. The zero-order valence-electron chi connectivity index (χ0n) is 12.9. The van der Waals surface area contributed by atoms with E-state index < -0.39 is 0 Å². The third kappa shape index (κ3) is 2.91. The van der Waals surface area contributed by atoms with Gasteiger partial charge in [0.1, 0.15) is 0 Å². The van der Waals surface area contributed by atoms with E-state index in [2.05, 4.69) is 39.8 Å². The summed E-state index contributed by atoms with van der Waals surface area (Å²) in [6.45, 7) is 9.31. The molecule has 4 nitrogen and oxygen atoms in total. The molecule has 0 atom stereocenters. The quantitative estimate of drug-likeness (QED) is 0.916. The average Bonchev–Trinajstić information content (AvgIpc) is 3.06. The van der Waals surface area contributed by atoms with Crippen molar-refractivity contribution >= 4 is 0 Å². The fraction of sp³-hybridized carbons (Fsp3) is 0.812. The zero-order valence-corrected chi connectivity index (χ0v) is 12.9. The highest BCUT2D eigenvalue weighted by Gasteiger charge is 2.45. The third-order valence-corrected chi connectivity index (χ3v) is 5.09. The van der Waals surface area contributed by atoms with Crippen molar-refractivity contribution in [3.05, 3.63) is 18.7 Å². The van der Waals surface area contributed by atoms with Crippen molar-refractivity contribution in [1.29, 1.82) is 0 Å². The molecule has 1 aliphatic carbocycles. The van der Waals surface area contributed by atoms with Crippen LogP contribution in [0.3, 0.4) is 0 Å². The van der Waals surface area contributed by atoms with Crippen molar-refractivity contribution < 1.29 is 0 Å². The number of hydrogen-bond donors (Lipinski definition) is 1. The topological polar surface area (TPSA) is 33.1 Å². The van der Waals surface area contributed by atoms with Gasteiger partial charge in [-0.2, -0.15) is 0 Å². The summed E-state index contributed by atoms with van der Waals surface area (Å²) >= 11 is 0. The van der Waals surface area contributed by atoms with Crippen LogP contribution in [-0.4, -0.2) is 45.2 Å². The molecule has 0 radical (unpaired) electrons.